The van der Waals surface area contributed by atoms with Gasteiger partial charge in [-0.2, -0.15) is 5.10 Å². The summed E-state index contributed by atoms with van der Waals surface area (Å²) >= 11 is 0. The third kappa shape index (κ3) is 4.90. The third-order valence-electron chi connectivity index (χ3n) is 8.05. The van der Waals surface area contributed by atoms with Crippen LogP contribution in [0.15, 0.2) is 48.5 Å². The van der Waals surface area contributed by atoms with Gasteiger partial charge < -0.3 is 14.0 Å². The number of hydrogen-bond donors (Lipinski definition) is 0. The highest BCUT2D eigenvalue weighted by molar-refractivity contribution is 6.02. The van der Waals surface area contributed by atoms with Crippen LogP contribution in [-0.4, -0.2) is 33.8 Å². The molecule has 0 saturated carbocycles. The molecular weight excluding hydrogens is 524 g/mol. The molecule has 0 radical (unpaired) electrons. The molecule has 3 aromatic carbocycles. The molecule has 212 valence electrons. The molecule has 0 N–H and O–H groups in total. The first kappa shape index (κ1) is 27.1. The molecule has 0 spiro atoms. The van der Waals surface area contributed by atoms with E-state index in [4.69, 9.17) is 14.6 Å². The Balaban J connectivity index is 1.40. The van der Waals surface area contributed by atoms with E-state index in [1.165, 1.54) is 18.2 Å². The normalized spacial score (nSPS) is 13.8. The summed E-state index contributed by atoms with van der Waals surface area (Å²) in [5, 5.41) is 7.21. The Morgan fingerprint density at radius 2 is 1.93 bits per heavy atom. The molecule has 41 heavy (non-hydrogen) atoms. The molecule has 0 aliphatic carbocycles. The quantitative estimate of drug-likeness (QED) is 0.157. The van der Waals surface area contributed by atoms with Gasteiger partial charge in [-0.15, -0.1) is 0 Å². The minimum atomic E-state index is -0.334. The average molecular weight is 558 g/mol. The zero-order valence-corrected chi connectivity index (χ0v) is 23.4. The molecule has 2 aromatic heterocycles. The number of aldehydes is 1. The van der Waals surface area contributed by atoms with E-state index in [1.54, 1.807) is 16.8 Å². The van der Waals surface area contributed by atoms with Crippen molar-refractivity contribution in [3.63, 3.8) is 0 Å². The maximum Gasteiger partial charge on any atom is 0.166 e. The molecule has 6 nitrogen and oxygen atoms in total. The molecule has 0 amide bonds. The van der Waals surface area contributed by atoms with Crippen LogP contribution in [-0.2, 0) is 37.8 Å². The monoisotopic (exact) mass is 557 g/mol. The van der Waals surface area contributed by atoms with Crippen LogP contribution in [0.1, 0.15) is 53.6 Å². The van der Waals surface area contributed by atoms with Gasteiger partial charge in [0.1, 0.15) is 17.4 Å². The number of ether oxygens (including phenoxy) is 2. The number of fused-ring (bicyclic) bond motifs is 3. The van der Waals surface area contributed by atoms with E-state index in [0.29, 0.717) is 62.6 Å². The highest BCUT2D eigenvalue weighted by atomic mass is 19.1. The number of nitrogens with zero attached hydrogens (tertiary/aromatic N) is 3. The Bertz CT molecular complexity index is 1750. The molecule has 1 aliphatic heterocycles. The lowest BCUT2D eigenvalue weighted by Crippen LogP contribution is -2.07. The molecule has 8 heteroatoms. The second kappa shape index (κ2) is 11.4. The molecule has 5 aromatic rings. The van der Waals surface area contributed by atoms with E-state index in [0.717, 1.165) is 63.3 Å². The maximum atomic E-state index is 15.9. The molecule has 0 fully saturated rings. The summed E-state index contributed by atoms with van der Waals surface area (Å²) in [6, 6.07) is 13.5. The Morgan fingerprint density at radius 3 is 2.76 bits per heavy atom. The Kier molecular flexibility index (Phi) is 7.58. The number of aryl methyl sites for hydroxylation is 4. The predicted molar refractivity (Wildman–Crippen MR) is 155 cm³/mol. The van der Waals surface area contributed by atoms with E-state index >= 15 is 4.39 Å². The van der Waals surface area contributed by atoms with Crippen LogP contribution in [0.2, 0.25) is 0 Å². The number of benzene rings is 3. The Morgan fingerprint density at radius 1 is 1.07 bits per heavy atom. The smallest absolute Gasteiger partial charge is 0.166 e. The number of carbonyl (C=O) groups excluding carboxylic acids is 1. The lowest BCUT2D eigenvalue weighted by molar-refractivity contribution is 0.110. The Hall–Kier alpha value is -4.04. The molecule has 0 bridgehead atoms. The fourth-order valence-corrected chi connectivity index (χ4v) is 6.13. The molecule has 0 atom stereocenters. The number of rotatable bonds is 7. The lowest BCUT2D eigenvalue weighted by Gasteiger charge is -2.13. The number of hydrogen-bond acceptors (Lipinski definition) is 4. The van der Waals surface area contributed by atoms with Crippen LogP contribution >= 0.6 is 0 Å². The van der Waals surface area contributed by atoms with Crippen LogP contribution < -0.4 is 4.74 Å². The van der Waals surface area contributed by atoms with E-state index in [9.17, 15) is 9.18 Å². The largest absolute Gasteiger partial charge is 0.493 e. The number of halogens is 2. The summed E-state index contributed by atoms with van der Waals surface area (Å²) in [6.07, 6.45) is 4.42. The van der Waals surface area contributed by atoms with E-state index in [1.807, 2.05) is 36.7 Å². The van der Waals surface area contributed by atoms with Gasteiger partial charge in [-0.25, -0.2) is 8.78 Å². The summed E-state index contributed by atoms with van der Waals surface area (Å²) in [6.45, 7) is 3.95. The zero-order chi connectivity index (χ0) is 28.5. The molecule has 3 heterocycles. The van der Waals surface area contributed by atoms with Gasteiger partial charge in [0.2, 0.25) is 0 Å². The van der Waals surface area contributed by atoms with Gasteiger partial charge in [-0.1, -0.05) is 19.1 Å². The van der Waals surface area contributed by atoms with E-state index in [2.05, 4.69) is 0 Å². The molecule has 0 unspecified atom stereocenters. The third-order valence-corrected chi connectivity index (χ3v) is 8.05. The van der Waals surface area contributed by atoms with Gasteiger partial charge >= 0.3 is 0 Å². The molecule has 6 rings (SSSR count). The number of carbonyl (C=O) groups is 1. The van der Waals surface area contributed by atoms with E-state index in [-0.39, 0.29) is 11.6 Å². The Labute approximate surface area is 237 Å². The first-order valence-corrected chi connectivity index (χ1v) is 14.2. The second-order valence-electron chi connectivity index (χ2n) is 10.5. The van der Waals surface area contributed by atoms with Crippen LogP contribution in [0.3, 0.4) is 0 Å². The van der Waals surface area contributed by atoms with Crippen molar-refractivity contribution in [1.82, 2.24) is 14.3 Å². The van der Waals surface area contributed by atoms with Crippen molar-refractivity contribution < 1.29 is 23.0 Å². The minimum Gasteiger partial charge on any atom is -0.493 e. The standard InChI is InChI=1S/C33H33F2N3O3/c1-3-27-32-29(37(2)36-27)20-40-16-5-4-15-38-28(19-39)24(25-13-14-26(35)31(32)33(25)38)9-7-17-41-30-10-6-8-21-18-22(34)11-12-23(21)30/h6,8,10-14,18-19H,3-5,7,9,15-17,20H2,1-2H3. The molecule has 1 aliphatic rings. The van der Waals surface area contributed by atoms with Crippen LogP contribution in [0.25, 0.3) is 32.8 Å². The van der Waals surface area contributed by atoms with Crippen molar-refractivity contribution in [3.05, 3.63) is 82.8 Å². The van der Waals surface area contributed by atoms with Crippen molar-refractivity contribution in [2.45, 2.75) is 52.2 Å². The van der Waals surface area contributed by atoms with Crippen LogP contribution in [0.5, 0.6) is 5.75 Å². The van der Waals surface area contributed by atoms with E-state index < -0.39 is 0 Å². The average Bonchev–Trinajstić information content (AvgIpc) is 3.44. The fraction of sp³-hybridized carbons (Fsp3) is 0.333. The highest BCUT2D eigenvalue weighted by Crippen LogP contribution is 2.40. The summed E-state index contributed by atoms with van der Waals surface area (Å²) in [4.78, 5) is 12.6. The van der Waals surface area contributed by atoms with Gasteiger partial charge in [0.15, 0.2) is 6.29 Å². The first-order chi connectivity index (χ1) is 20.0. The van der Waals surface area contributed by atoms with Gasteiger partial charge in [0.05, 0.1) is 35.8 Å². The zero-order valence-electron chi connectivity index (χ0n) is 23.4. The topological polar surface area (TPSA) is 58.3 Å². The van der Waals surface area contributed by atoms with Crippen molar-refractivity contribution >= 4 is 28.0 Å². The highest BCUT2D eigenvalue weighted by Gasteiger charge is 2.27. The first-order valence-electron chi connectivity index (χ1n) is 14.2. The SMILES string of the molecule is CCc1nn(C)c2c1-c1c(F)ccc3c(CCCOc4cccc5cc(F)ccc45)c(C=O)n(c13)CCCCOC2. The minimum absolute atomic E-state index is 0.286. The second-order valence-corrected chi connectivity index (χ2v) is 10.5. The summed E-state index contributed by atoms with van der Waals surface area (Å²) in [5.41, 5.74) is 5.11. The van der Waals surface area contributed by atoms with Gasteiger partial charge in [0, 0.05) is 42.1 Å². The molecule has 0 saturated heterocycles. The summed E-state index contributed by atoms with van der Waals surface area (Å²) < 4.78 is 45.4. The maximum absolute atomic E-state index is 15.9. The fourth-order valence-electron chi connectivity index (χ4n) is 6.13. The van der Waals surface area contributed by atoms with Crippen LogP contribution in [0.4, 0.5) is 8.78 Å². The lowest BCUT2D eigenvalue weighted by atomic mass is 9.97. The molecular formula is C33H33F2N3O3. The van der Waals surface area contributed by atoms with Crippen molar-refractivity contribution in [3.8, 4) is 16.9 Å². The van der Waals surface area contributed by atoms with Gasteiger partial charge in [-0.05, 0) is 79.5 Å². The van der Waals surface area contributed by atoms with Crippen molar-refractivity contribution in [2.75, 3.05) is 13.2 Å². The predicted octanol–water partition coefficient (Wildman–Crippen LogP) is 7.17. The van der Waals surface area contributed by atoms with Crippen molar-refractivity contribution in [2.24, 2.45) is 7.05 Å². The van der Waals surface area contributed by atoms with Crippen molar-refractivity contribution in [1.29, 1.82) is 0 Å². The number of aromatic nitrogens is 3. The summed E-state index contributed by atoms with van der Waals surface area (Å²) in [5.74, 6) is 0.0724. The van der Waals surface area contributed by atoms with Crippen LogP contribution in [0, 0.1) is 11.6 Å². The summed E-state index contributed by atoms with van der Waals surface area (Å²) in [7, 11) is 1.87. The van der Waals surface area contributed by atoms with Gasteiger partial charge in [-0.3, -0.25) is 9.48 Å². The van der Waals surface area contributed by atoms with Gasteiger partial charge in [0.25, 0.3) is 0 Å².